The van der Waals surface area contributed by atoms with E-state index >= 15 is 0 Å². The number of hydrogen-bond acceptors (Lipinski definition) is 6. The number of ether oxygens (including phenoxy) is 2. The first kappa shape index (κ1) is 17.0. The zero-order valence-electron chi connectivity index (χ0n) is 12.9. The van der Waals surface area contributed by atoms with Crippen LogP contribution in [0.2, 0.25) is 0 Å². The number of unbranched alkanes of at least 4 members (excludes halogenated alkanes) is 2. The molecule has 1 aliphatic rings. The first-order valence-corrected chi connectivity index (χ1v) is 6.89. The van der Waals surface area contributed by atoms with Gasteiger partial charge in [0.25, 0.3) is 0 Å². The van der Waals surface area contributed by atoms with E-state index in [1.54, 1.807) is 6.92 Å². The van der Waals surface area contributed by atoms with Crippen molar-refractivity contribution in [3.63, 3.8) is 0 Å². The summed E-state index contributed by atoms with van der Waals surface area (Å²) in [5.41, 5.74) is -4.70. The zero-order valence-corrected chi connectivity index (χ0v) is 12.9. The molecule has 6 heteroatoms. The van der Waals surface area contributed by atoms with Crippen molar-refractivity contribution in [2.45, 2.75) is 39.5 Å². The van der Waals surface area contributed by atoms with Crippen LogP contribution in [0.4, 0.5) is 0 Å². The summed E-state index contributed by atoms with van der Waals surface area (Å²) in [4.78, 5) is 24.3. The first-order valence-electron chi connectivity index (χ1n) is 6.89. The van der Waals surface area contributed by atoms with Gasteiger partial charge >= 0.3 is 11.9 Å². The fraction of sp³-hybridized carbons (Fsp3) is 0.733. The molecule has 21 heavy (non-hydrogen) atoms. The topological polar surface area (TPSA) is 100 Å². The van der Waals surface area contributed by atoms with Crippen LogP contribution in [0.5, 0.6) is 0 Å². The minimum absolute atomic E-state index is 0.409. The summed E-state index contributed by atoms with van der Waals surface area (Å²) >= 11 is 0. The Bertz CT molecular complexity index is 491. The molecule has 0 heterocycles. The molecule has 114 valence electrons. The Morgan fingerprint density at radius 3 is 1.71 bits per heavy atom. The minimum atomic E-state index is -1.80. The van der Waals surface area contributed by atoms with E-state index < -0.39 is 28.2 Å². The molecule has 1 saturated carbocycles. The highest BCUT2D eigenvalue weighted by atomic mass is 16.5. The van der Waals surface area contributed by atoms with Crippen molar-refractivity contribution >= 4 is 11.9 Å². The van der Waals surface area contributed by atoms with E-state index in [0.717, 1.165) is 27.1 Å². The Labute approximate surface area is 124 Å². The molecule has 0 aromatic rings. The highest BCUT2D eigenvalue weighted by Crippen LogP contribution is 2.80. The molecule has 0 N–H and O–H groups in total. The molecule has 0 aliphatic heterocycles. The van der Waals surface area contributed by atoms with Gasteiger partial charge in [-0.1, -0.05) is 33.1 Å². The number of esters is 2. The predicted octanol–water partition coefficient (Wildman–Crippen LogP) is 1.95. The van der Waals surface area contributed by atoms with Gasteiger partial charge in [0.2, 0.25) is 0 Å². The maximum absolute atomic E-state index is 12.2. The average Bonchev–Trinajstić information content (AvgIpc) is 3.00. The van der Waals surface area contributed by atoms with E-state index in [-0.39, 0.29) is 0 Å². The van der Waals surface area contributed by atoms with Gasteiger partial charge in [0, 0.05) is 5.41 Å². The van der Waals surface area contributed by atoms with Gasteiger partial charge < -0.3 is 9.47 Å². The monoisotopic (exact) mass is 292 g/mol. The molecule has 0 bridgehead atoms. The quantitative estimate of drug-likeness (QED) is 0.548. The van der Waals surface area contributed by atoms with E-state index in [1.165, 1.54) is 0 Å². The standard InChI is InChI=1S/C15H20N2O4/c1-5-6-7-8-13(2)14(9-16,11(18)20-3)15(13,10-17)12(19)21-4/h5-8H2,1-4H3/t14-,15-/m0/s1. The van der Waals surface area contributed by atoms with Crippen LogP contribution in [0.3, 0.4) is 0 Å². The third kappa shape index (κ3) is 1.75. The Morgan fingerprint density at radius 1 is 1.00 bits per heavy atom. The molecule has 0 radical (unpaired) electrons. The average molecular weight is 292 g/mol. The molecule has 0 unspecified atom stereocenters. The van der Waals surface area contributed by atoms with Gasteiger partial charge in [0.05, 0.1) is 26.4 Å². The largest absolute Gasteiger partial charge is 0.468 e. The van der Waals surface area contributed by atoms with Gasteiger partial charge in [-0.15, -0.1) is 0 Å². The molecule has 6 nitrogen and oxygen atoms in total. The first-order chi connectivity index (χ1) is 9.89. The molecule has 0 saturated heterocycles. The second-order valence-electron chi connectivity index (χ2n) is 5.50. The summed E-state index contributed by atoms with van der Waals surface area (Å²) in [6, 6.07) is 3.76. The molecule has 0 aromatic heterocycles. The smallest absolute Gasteiger partial charge is 0.329 e. The van der Waals surface area contributed by atoms with Crippen LogP contribution >= 0.6 is 0 Å². The van der Waals surface area contributed by atoms with Crippen LogP contribution in [0.15, 0.2) is 0 Å². The Kier molecular flexibility index (Phi) is 4.63. The summed E-state index contributed by atoms with van der Waals surface area (Å²) in [6.07, 6.45) is 2.96. The molecule has 0 amide bonds. The lowest BCUT2D eigenvalue weighted by Gasteiger charge is -2.13. The van der Waals surface area contributed by atoms with Gasteiger partial charge in [0.15, 0.2) is 10.8 Å². The number of nitriles is 2. The SMILES string of the molecule is CCCCCC1(C)[C@](C#N)(C(=O)OC)[C@@]1(C#N)C(=O)OC. The van der Waals surface area contributed by atoms with Crippen LogP contribution in [-0.2, 0) is 19.1 Å². The molecule has 0 aromatic carbocycles. The number of carbonyl (C=O) groups is 2. The second-order valence-corrected chi connectivity index (χ2v) is 5.50. The number of nitrogens with zero attached hydrogens (tertiary/aromatic N) is 2. The van der Waals surface area contributed by atoms with Crippen molar-refractivity contribution in [3.05, 3.63) is 0 Å². The van der Waals surface area contributed by atoms with Gasteiger partial charge in [-0.25, -0.2) is 0 Å². The van der Waals surface area contributed by atoms with Crippen molar-refractivity contribution in [1.82, 2.24) is 0 Å². The maximum atomic E-state index is 12.2. The van der Waals surface area contributed by atoms with Gasteiger partial charge in [0.1, 0.15) is 0 Å². The third-order valence-electron chi connectivity index (χ3n) is 4.75. The summed E-state index contributed by atoms with van der Waals surface area (Å²) < 4.78 is 9.40. The van der Waals surface area contributed by atoms with Crippen LogP contribution < -0.4 is 0 Å². The summed E-state index contributed by atoms with van der Waals surface area (Å²) in [5, 5.41) is 19.1. The third-order valence-corrected chi connectivity index (χ3v) is 4.75. The fourth-order valence-electron chi connectivity index (χ4n) is 3.46. The van der Waals surface area contributed by atoms with E-state index in [0.29, 0.717) is 12.8 Å². The Hall–Kier alpha value is -2.08. The van der Waals surface area contributed by atoms with Gasteiger partial charge in [-0.05, 0) is 6.42 Å². The van der Waals surface area contributed by atoms with Crippen LogP contribution in [-0.4, -0.2) is 26.2 Å². The lowest BCUT2D eigenvalue weighted by Crippen LogP contribution is -2.29. The predicted molar refractivity (Wildman–Crippen MR) is 72.4 cm³/mol. The fourth-order valence-corrected chi connectivity index (χ4v) is 3.46. The summed E-state index contributed by atoms with van der Waals surface area (Å²) in [6.45, 7) is 3.63. The van der Waals surface area contributed by atoms with E-state index in [2.05, 4.69) is 0 Å². The number of hydrogen-bond donors (Lipinski definition) is 0. The van der Waals surface area contributed by atoms with Crippen LogP contribution in [0.25, 0.3) is 0 Å². The Morgan fingerprint density at radius 2 is 1.43 bits per heavy atom. The summed E-state index contributed by atoms with van der Waals surface area (Å²) in [7, 11) is 2.29. The van der Waals surface area contributed by atoms with E-state index in [9.17, 15) is 20.1 Å². The normalized spacial score (nSPS) is 33.4. The molecular weight excluding hydrogens is 272 g/mol. The van der Waals surface area contributed by atoms with E-state index in [4.69, 9.17) is 9.47 Å². The molecule has 1 aliphatic carbocycles. The number of methoxy groups -OCH3 is 2. The summed E-state index contributed by atoms with van der Waals surface area (Å²) in [5.74, 6) is -1.70. The van der Waals surface area contributed by atoms with Crippen LogP contribution in [0.1, 0.15) is 39.5 Å². The molecule has 0 spiro atoms. The lowest BCUT2D eigenvalue weighted by atomic mass is 9.89. The number of carbonyl (C=O) groups excluding carboxylic acids is 2. The van der Waals surface area contributed by atoms with Crippen LogP contribution in [0, 0.1) is 38.9 Å². The van der Waals surface area contributed by atoms with Crippen molar-refractivity contribution in [3.8, 4) is 12.1 Å². The highest BCUT2D eigenvalue weighted by molar-refractivity contribution is 6.02. The Balaban J connectivity index is 3.38. The molecule has 1 fully saturated rings. The van der Waals surface area contributed by atoms with Crippen molar-refractivity contribution in [1.29, 1.82) is 10.5 Å². The zero-order chi connectivity index (χ0) is 16.3. The lowest BCUT2D eigenvalue weighted by molar-refractivity contribution is -0.153. The van der Waals surface area contributed by atoms with Crippen molar-refractivity contribution < 1.29 is 19.1 Å². The number of rotatable bonds is 6. The second kappa shape index (κ2) is 5.73. The molecular formula is C15H20N2O4. The highest BCUT2D eigenvalue weighted by Gasteiger charge is 2.95. The molecule has 2 atom stereocenters. The molecule has 1 rings (SSSR count). The van der Waals surface area contributed by atoms with Gasteiger partial charge in [-0.3, -0.25) is 9.59 Å². The van der Waals surface area contributed by atoms with Crippen molar-refractivity contribution in [2.75, 3.05) is 14.2 Å². The van der Waals surface area contributed by atoms with E-state index in [1.807, 2.05) is 19.1 Å². The van der Waals surface area contributed by atoms with Gasteiger partial charge in [-0.2, -0.15) is 10.5 Å². The van der Waals surface area contributed by atoms with Crippen molar-refractivity contribution in [2.24, 2.45) is 16.2 Å². The minimum Gasteiger partial charge on any atom is -0.468 e. The maximum Gasteiger partial charge on any atom is 0.329 e.